The number of benzene rings is 3. The molecule has 33 heavy (non-hydrogen) atoms. The summed E-state index contributed by atoms with van der Waals surface area (Å²) in [6.07, 6.45) is 1.73. The topological polar surface area (TPSA) is 61.3 Å². The lowest BCUT2D eigenvalue weighted by Crippen LogP contribution is -2.06. The van der Waals surface area contributed by atoms with E-state index < -0.39 is 0 Å². The van der Waals surface area contributed by atoms with E-state index in [0.717, 1.165) is 20.3 Å². The minimum atomic E-state index is 0.294. The lowest BCUT2D eigenvalue weighted by atomic mass is 10.2. The van der Waals surface area contributed by atoms with Gasteiger partial charge < -0.3 is 24.4 Å². The second kappa shape index (κ2) is 12.2. The summed E-state index contributed by atoms with van der Waals surface area (Å²) in [4.78, 5) is 0. The fraction of sp³-hybridized carbons (Fsp3) is 0.208. The molecule has 1 N–H and O–H groups in total. The Morgan fingerprint density at radius 1 is 0.909 bits per heavy atom. The van der Waals surface area contributed by atoms with Gasteiger partial charge in [0, 0.05) is 15.6 Å². The molecule has 0 unspecified atom stereocenters. The van der Waals surface area contributed by atoms with Gasteiger partial charge in [0.15, 0.2) is 23.0 Å². The van der Waals surface area contributed by atoms with Crippen LogP contribution in [0.2, 0.25) is 10.0 Å². The third-order valence-electron chi connectivity index (χ3n) is 4.67. The Hall–Kier alpha value is -2.36. The lowest BCUT2D eigenvalue weighted by molar-refractivity contribution is 0.282. The first kappa shape index (κ1) is 25.3. The highest BCUT2D eigenvalue weighted by molar-refractivity contribution is 14.1. The number of halogens is 3. The van der Waals surface area contributed by atoms with Crippen molar-refractivity contribution in [3.63, 3.8) is 0 Å². The van der Waals surface area contributed by atoms with Crippen molar-refractivity contribution in [3.05, 3.63) is 78.8 Å². The molecule has 0 amide bonds. The maximum atomic E-state index is 6.25. The molecule has 0 aliphatic rings. The average molecular weight is 601 g/mol. The van der Waals surface area contributed by atoms with Gasteiger partial charge in [-0.1, -0.05) is 35.3 Å². The van der Waals surface area contributed by atoms with Crippen molar-refractivity contribution in [2.45, 2.75) is 13.2 Å². The van der Waals surface area contributed by atoms with E-state index in [0.29, 0.717) is 46.2 Å². The monoisotopic (exact) mass is 600 g/mol. The number of hydrazone groups is 1. The molecule has 0 saturated heterocycles. The van der Waals surface area contributed by atoms with Gasteiger partial charge in [-0.15, -0.1) is 0 Å². The number of nitrogens with zero attached hydrogens (tertiary/aromatic N) is 1. The predicted octanol–water partition coefficient (Wildman–Crippen LogP) is 6.33. The van der Waals surface area contributed by atoms with Crippen molar-refractivity contribution < 1.29 is 18.9 Å². The molecule has 0 aliphatic heterocycles. The fourth-order valence-electron chi connectivity index (χ4n) is 2.99. The van der Waals surface area contributed by atoms with E-state index in [1.54, 1.807) is 39.7 Å². The van der Waals surface area contributed by atoms with Gasteiger partial charge in [-0.25, -0.2) is 0 Å². The first-order valence-corrected chi connectivity index (χ1v) is 11.7. The van der Waals surface area contributed by atoms with Crippen LogP contribution in [0.15, 0.2) is 53.6 Å². The largest absolute Gasteiger partial charge is 0.493 e. The summed E-state index contributed by atoms with van der Waals surface area (Å²) in [6, 6.07) is 14.9. The number of ether oxygens (including phenoxy) is 4. The molecule has 3 aromatic carbocycles. The molecule has 3 rings (SSSR count). The Bertz CT molecular complexity index is 1140. The normalized spacial score (nSPS) is 10.8. The van der Waals surface area contributed by atoms with Crippen LogP contribution >= 0.6 is 45.8 Å². The minimum absolute atomic E-state index is 0.294. The van der Waals surface area contributed by atoms with Crippen LogP contribution in [0.1, 0.15) is 16.7 Å². The smallest absolute Gasteiger partial charge is 0.174 e. The highest BCUT2D eigenvalue weighted by Crippen LogP contribution is 2.35. The summed E-state index contributed by atoms with van der Waals surface area (Å²) < 4.78 is 23.0. The van der Waals surface area contributed by atoms with Gasteiger partial charge in [0.1, 0.15) is 6.61 Å². The summed E-state index contributed by atoms with van der Waals surface area (Å²) in [7, 11) is 4.82. The van der Waals surface area contributed by atoms with Gasteiger partial charge in [0.2, 0.25) is 0 Å². The number of hydrogen-bond donors (Lipinski definition) is 1. The highest BCUT2D eigenvalue weighted by Gasteiger charge is 2.13. The van der Waals surface area contributed by atoms with Crippen LogP contribution < -0.4 is 24.4 Å². The zero-order valence-electron chi connectivity index (χ0n) is 18.3. The second-order valence-corrected chi connectivity index (χ2v) is 8.85. The molecule has 6 nitrogen and oxygen atoms in total. The Kier molecular flexibility index (Phi) is 9.34. The molecule has 0 bridgehead atoms. The predicted molar refractivity (Wildman–Crippen MR) is 140 cm³/mol. The zero-order valence-corrected chi connectivity index (χ0v) is 22.0. The minimum Gasteiger partial charge on any atom is -0.493 e. The highest BCUT2D eigenvalue weighted by atomic mass is 127. The van der Waals surface area contributed by atoms with E-state index in [9.17, 15) is 0 Å². The summed E-state index contributed by atoms with van der Waals surface area (Å²) in [5.41, 5.74) is 5.76. The molecule has 174 valence electrons. The van der Waals surface area contributed by atoms with Crippen molar-refractivity contribution in [3.8, 4) is 23.0 Å². The molecule has 0 saturated carbocycles. The standard InChI is InChI=1S/C24H23Cl2IN2O4/c1-30-21-7-4-15(9-22(21)31-2)12-28-29-13-16-8-20(27)24(23(10-16)32-3)33-14-17-5-6-18(25)11-19(17)26/h4-11,13,28H,12,14H2,1-3H3/b29-13+. The van der Waals surface area contributed by atoms with Crippen LogP contribution in [0, 0.1) is 3.57 Å². The van der Waals surface area contributed by atoms with Crippen molar-refractivity contribution >= 4 is 52.0 Å². The number of rotatable bonds is 10. The number of hydrogen-bond acceptors (Lipinski definition) is 6. The van der Waals surface area contributed by atoms with E-state index >= 15 is 0 Å². The van der Waals surface area contributed by atoms with E-state index in [1.807, 2.05) is 36.4 Å². The second-order valence-electron chi connectivity index (χ2n) is 6.84. The van der Waals surface area contributed by atoms with E-state index in [-0.39, 0.29) is 0 Å². The molecule has 0 radical (unpaired) electrons. The summed E-state index contributed by atoms with van der Waals surface area (Å²) in [5, 5.41) is 5.46. The van der Waals surface area contributed by atoms with E-state index in [1.165, 1.54) is 0 Å². The van der Waals surface area contributed by atoms with Crippen LogP contribution in [0.3, 0.4) is 0 Å². The molecular weight excluding hydrogens is 578 g/mol. The van der Waals surface area contributed by atoms with Crippen molar-refractivity contribution in [1.82, 2.24) is 5.43 Å². The molecule has 0 aliphatic carbocycles. The van der Waals surface area contributed by atoms with Gasteiger partial charge in [-0.2, -0.15) is 5.10 Å². The molecule has 0 fully saturated rings. The lowest BCUT2D eigenvalue weighted by Gasteiger charge is -2.14. The van der Waals surface area contributed by atoms with Gasteiger partial charge in [-0.3, -0.25) is 0 Å². The SMILES string of the molecule is COc1ccc(CN/N=C/c2cc(I)c(OCc3ccc(Cl)cc3Cl)c(OC)c2)cc1OC. The maximum absolute atomic E-state index is 6.25. The summed E-state index contributed by atoms with van der Waals surface area (Å²) in [6.45, 7) is 0.830. The Balaban J connectivity index is 1.65. The number of methoxy groups -OCH3 is 3. The molecule has 0 heterocycles. The Labute approximate surface area is 216 Å². The molecule has 3 aromatic rings. The molecule has 0 atom stereocenters. The van der Waals surface area contributed by atoms with Crippen LogP contribution in [0.5, 0.6) is 23.0 Å². The van der Waals surface area contributed by atoms with E-state index in [4.69, 9.17) is 42.1 Å². The van der Waals surface area contributed by atoms with E-state index in [2.05, 4.69) is 33.1 Å². The van der Waals surface area contributed by atoms with Crippen molar-refractivity contribution in [1.29, 1.82) is 0 Å². The van der Waals surface area contributed by atoms with Gasteiger partial charge in [0.25, 0.3) is 0 Å². The zero-order chi connectivity index (χ0) is 23.8. The van der Waals surface area contributed by atoms with Crippen molar-refractivity contribution in [2.75, 3.05) is 21.3 Å². The third kappa shape index (κ3) is 6.82. The quantitative estimate of drug-likeness (QED) is 0.167. The Morgan fingerprint density at radius 3 is 2.36 bits per heavy atom. The third-order valence-corrected chi connectivity index (χ3v) is 6.06. The van der Waals surface area contributed by atoms with Crippen LogP contribution in [0.25, 0.3) is 0 Å². The van der Waals surface area contributed by atoms with Crippen molar-refractivity contribution in [2.24, 2.45) is 5.10 Å². The molecule has 9 heteroatoms. The van der Waals surface area contributed by atoms with Gasteiger partial charge in [0.05, 0.1) is 37.7 Å². The van der Waals surface area contributed by atoms with Crippen LogP contribution in [0.4, 0.5) is 0 Å². The Morgan fingerprint density at radius 2 is 1.67 bits per heavy atom. The molecular formula is C24H23Cl2IN2O4. The van der Waals surface area contributed by atoms with Crippen LogP contribution in [-0.4, -0.2) is 27.5 Å². The summed E-state index contributed by atoms with van der Waals surface area (Å²) >= 11 is 14.4. The first-order chi connectivity index (χ1) is 15.9. The first-order valence-electron chi connectivity index (χ1n) is 9.86. The summed E-state index contributed by atoms with van der Waals surface area (Å²) in [5.74, 6) is 2.61. The maximum Gasteiger partial charge on any atom is 0.174 e. The molecule has 0 spiro atoms. The van der Waals surface area contributed by atoms with Gasteiger partial charge in [-0.05, 0) is 70.1 Å². The number of nitrogens with one attached hydrogen (secondary N) is 1. The fourth-order valence-corrected chi connectivity index (χ4v) is 4.23. The van der Waals surface area contributed by atoms with Crippen LogP contribution in [-0.2, 0) is 13.2 Å². The average Bonchev–Trinajstić information content (AvgIpc) is 2.81. The molecule has 0 aromatic heterocycles. The van der Waals surface area contributed by atoms with Gasteiger partial charge >= 0.3 is 0 Å².